The van der Waals surface area contributed by atoms with Gasteiger partial charge in [-0.2, -0.15) is 0 Å². The monoisotopic (exact) mass is 468 g/mol. The third-order valence-corrected chi connectivity index (χ3v) is 6.78. The first-order valence-corrected chi connectivity index (χ1v) is 11.7. The minimum atomic E-state index is -1.03. The van der Waals surface area contributed by atoms with E-state index in [9.17, 15) is 9.50 Å². The molecule has 0 radical (unpaired) electrons. The van der Waals surface area contributed by atoms with E-state index in [2.05, 4.69) is 24.9 Å². The van der Waals surface area contributed by atoms with Crippen LogP contribution in [0.4, 0.5) is 4.39 Å². The number of β-amino-alcohol motifs (C(OH)–C–C–N with tert-alkyl or cyclic N) is 1. The van der Waals surface area contributed by atoms with Gasteiger partial charge in [0, 0.05) is 55.0 Å². The zero-order valence-corrected chi connectivity index (χ0v) is 19.0. The molecule has 0 bridgehead atoms. The van der Waals surface area contributed by atoms with Gasteiger partial charge < -0.3 is 15.2 Å². The number of aliphatic hydroxyl groups is 1. The van der Waals surface area contributed by atoms with E-state index in [1.165, 1.54) is 11.5 Å². The molecule has 0 aliphatic carbocycles. The molecule has 5 rings (SSSR count). The number of fused-ring (bicyclic) bond motifs is 2. The van der Waals surface area contributed by atoms with Gasteiger partial charge in [-0.05, 0) is 54.4 Å². The SMILES string of the molecule is COc1ccc2nccc(C(O)CN3CC[C@H](NCc4cnc5snnc5c4)[C@H](F)C3)c2c1. The van der Waals surface area contributed by atoms with Crippen LogP contribution in [0.15, 0.2) is 42.7 Å². The molecule has 2 N–H and O–H groups in total. The van der Waals surface area contributed by atoms with E-state index >= 15 is 0 Å². The molecule has 1 unspecified atom stereocenters. The summed E-state index contributed by atoms with van der Waals surface area (Å²) in [6.07, 6.45) is 2.35. The number of hydrogen-bond acceptors (Lipinski definition) is 9. The minimum Gasteiger partial charge on any atom is -0.497 e. The molecule has 1 aliphatic heterocycles. The third-order valence-electron chi connectivity index (χ3n) is 6.13. The van der Waals surface area contributed by atoms with Crippen molar-refractivity contribution in [3.8, 4) is 5.75 Å². The quantitative estimate of drug-likeness (QED) is 0.428. The third kappa shape index (κ3) is 4.79. The van der Waals surface area contributed by atoms with Gasteiger partial charge in [-0.25, -0.2) is 9.37 Å². The van der Waals surface area contributed by atoms with Crippen LogP contribution >= 0.6 is 11.5 Å². The fourth-order valence-electron chi connectivity index (χ4n) is 4.34. The van der Waals surface area contributed by atoms with Crippen molar-refractivity contribution in [1.82, 2.24) is 29.8 Å². The first-order valence-electron chi connectivity index (χ1n) is 10.9. The molecule has 1 aromatic carbocycles. The van der Waals surface area contributed by atoms with E-state index in [0.717, 1.165) is 32.4 Å². The second-order valence-corrected chi connectivity index (χ2v) is 9.02. The Balaban J connectivity index is 1.19. The van der Waals surface area contributed by atoms with Gasteiger partial charge in [0.15, 0.2) is 4.83 Å². The van der Waals surface area contributed by atoms with Gasteiger partial charge in [-0.3, -0.25) is 9.88 Å². The summed E-state index contributed by atoms with van der Waals surface area (Å²) in [4.78, 5) is 11.5. The van der Waals surface area contributed by atoms with Crippen LogP contribution in [0.3, 0.4) is 0 Å². The van der Waals surface area contributed by atoms with Crippen LogP contribution in [0.25, 0.3) is 21.3 Å². The maximum absolute atomic E-state index is 15.0. The molecule has 1 fully saturated rings. The average molecular weight is 469 g/mol. The zero-order chi connectivity index (χ0) is 22.8. The van der Waals surface area contributed by atoms with Crippen LogP contribution in [0, 0.1) is 0 Å². The fraction of sp³-hybridized carbons (Fsp3) is 0.391. The summed E-state index contributed by atoms with van der Waals surface area (Å²) >= 11 is 1.26. The maximum Gasteiger partial charge on any atom is 0.163 e. The number of pyridine rings is 2. The number of hydrogen-bond donors (Lipinski definition) is 2. The minimum absolute atomic E-state index is 0.242. The van der Waals surface area contributed by atoms with Crippen LogP contribution in [-0.4, -0.2) is 68.5 Å². The molecule has 0 amide bonds. The molecule has 1 saturated heterocycles. The van der Waals surface area contributed by atoms with Gasteiger partial charge in [0.25, 0.3) is 0 Å². The average Bonchev–Trinajstić information content (AvgIpc) is 3.30. The van der Waals surface area contributed by atoms with Crippen LogP contribution in [-0.2, 0) is 6.54 Å². The highest BCUT2D eigenvalue weighted by Gasteiger charge is 2.30. The van der Waals surface area contributed by atoms with Gasteiger partial charge >= 0.3 is 0 Å². The Morgan fingerprint density at radius 1 is 1.27 bits per heavy atom. The standard InChI is InChI=1S/C23H25FN6O2S/c1-32-15-2-3-19-17(9-15)16(4-6-25-19)22(31)13-30-7-5-20(18(24)12-30)26-10-14-8-21-23(27-11-14)33-29-28-21/h2-4,6,8-9,11,18,20,22,26,31H,5,7,10,12-13H2,1H3/t18-,20+,22?/m1/s1. The molecular weight excluding hydrogens is 443 g/mol. The predicted molar refractivity (Wildman–Crippen MR) is 125 cm³/mol. The van der Waals surface area contributed by atoms with Crippen LogP contribution in [0.1, 0.15) is 23.7 Å². The van der Waals surface area contributed by atoms with Gasteiger partial charge in [0.1, 0.15) is 17.4 Å². The molecule has 4 aromatic rings. The summed E-state index contributed by atoms with van der Waals surface area (Å²) in [7, 11) is 1.61. The number of aliphatic hydroxyl groups excluding tert-OH is 1. The molecule has 0 spiro atoms. The van der Waals surface area contributed by atoms with Crippen molar-refractivity contribution in [1.29, 1.82) is 0 Å². The first-order chi connectivity index (χ1) is 16.1. The highest BCUT2D eigenvalue weighted by atomic mass is 32.1. The number of likely N-dealkylation sites (tertiary alicyclic amines) is 1. The number of methoxy groups -OCH3 is 1. The highest BCUT2D eigenvalue weighted by molar-refractivity contribution is 7.12. The van der Waals surface area contributed by atoms with Crippen LogP contribution < -0.4 is 10.1 Å². The molecule has 1 aliphatic rings. The van der Waals surface area contributed by atoms with E-state index in [1.807, 2.05) is 35.2 Å². The Hall–Kier alpha value is -2.79. The molecule has 33 heavy (non-hydrogen) atoms. The second kappa shape index (κ2) is 9.60. The number of benzene rings is 1. The largest absolute Gasteiger partial charge is 0.497 e. The lowest BCUT2D eigenvalue weighted by Gasteiger charge is -2.36. The lowest BCUT2D eigenvalue weighted by molar-refractivity contribution is 0.0571. The summed E-state index contributed by atoms with van der Waals surface area (Å²) in [6, 6.07) is 9.11. The molecule has 172 valence electrons. The second-order valence-electron chi connectivity index (χ2n) is 8.29. The summed E-state index contributed by atoms with van der Waals surface area (Å²) in [5, 5.41) is 19.1. The number of nitrogens with one attached hydrogen (secondary N) is 1. The molecule has 4 heterocycles. The number of piperidine rings is 1. The summed E-state index contributed by atoms with van der Waals surface area (Å²) in [5.41, 5.74) is 3.29. The summed E-state index contributed by atoms with van der Waals surface area (Å²) in [5.74, 6) is 0.708. The normalized spacial score (nSPS) is 20.3. The number of alkyl halides is 1. The fourth-order valence-corrected chi connectivity index (χ4v) is 4.84. The first kappa shape index (κ1) is 22.0. The Kier molecular flexibility index (Phi) is 6.41. The zero-order valence-electron chi connectivity index (χ0n) is 18.2. The van der Waals surface area contributed by atoms with Crippen molar-refractivity contribution in [2.45, 2.75) is 31.3 Å². The predicted octanol–water partition coefficient (Wildman–Crippen LogP) is 2.88. The highest BCUT2D eigenvalue weighted by Crippen LogP contribution is 2.28. The number of halogens is 1. The van der Waals surface area contributed by atoms with Crippen LogP contribution in [0.2, 0.25) is 0 Å². The molecule has 3 aromatic heterocycles. The van der Waals surface area contributed by atoms with E-state index < -0.39 is 12.3 Å². The summed E-state index contributed by atoms with van der Waals surface area (Å²) in [6.45, 7) is 1.86. The maximum atomic E-state index is 15.0. The Morgan fingerprint density at radius 2 is 2.18 bits per heavy atom. The van der Waals surface area contributed by atoms with Gasteiger partial charge in [-0.1, -0.05) is 4.49 Å². The number of nitrogens with zero attached hydrogens (tertiary/aromatic N) is 5. The van der Waals surface area contributed by atoms with E-state index in [4.69, 9.17) is 4.74 Å². The van der Waals surface area contributed by atoms with Crippen molar-refractivity contribution in [3.63, 3.8) is 0 Å². The van der Waals surface area contributed by atoms with Crippen molar-refractivity contribution in [2.24, 2.45) is 0 Å². The topological polar surface area (TPSA) is 96.3 Å². The molecule has 10 heteroatoms. The van der Waals surface area contributed by atoms with Crippen molar-refractivity contribution < 1.29 is 14.2 Å². The van der Waals surface area contributed by atoms with E-state index in [-0.39, 0.29) is 12.6 Å². The smallest absolute Gasteiger partial charge is 0.163 e. The Morgan fingerprint density at radius 3 is 3.03 bits per heavy atom. The Bertz CT molecular complexity index is 1250. The van der Waals surface area contributed by atoms with Crippen molar-refractivity contribution in [2.75, 3.05) is 26.7 Å². The molecule has 8 nitrogen and oxygen atoms in total. The van der Waals surface area contributed by atoms with Gasteiger partial charge in [0.2, 0.25) is 0 Å². The number of ether oxygens (including phenoxy) is 1. The van der Waals surface area contributed by atoms with E-state index in [0.29, 0.717) is 31.8 Å². The molecule has 3 atom stereocenters. The molecule has 0 saturated carbocycles. The van der Waals surface area contributed by atoms with Crippen LogP contribution in [0.5, 0.6) is 5.75 Å². The number of rotatable bonds is 7. The number of aromatic nitrogens is 4. The van der Waals surface area contributed by atoms with Gasteiger partial charge in [-0.15, -0.1) is 5.10 Å². The van der Waals surface area contributed by atoms with Crippen molar-refractivity contribution in [3.05, 3.63) is 53.9 Å². The lowest BCUT2D eigenvalue weighted by Crippen LogP contribution is -2.51. The Labute approximate surface area is 194 Å². The van der Waals surface area contributed by atoms with E-state index in [1.54, 1.807) is 19.5 Å². The molecular formula is C23H25FN6O2S. The lowest BCUT2D eigenvalue weighted by atomic mass is 10.00. The van der Waals surface area contributed by atoms with Gasteiger partial charge in [0.05, 0.1) is 18.7 Å². The van der Waals surface area contributed by atoms with Crippen molar-refractivity contribution >= 4 is 32.8 Å². The summed E-state index contributed by atoms with van der Waals surface area (Å²) < 4.78 is 24.2.